The van der Waals surface area contributed by atoms with E-state index in [9.17, 15) is 22.8 Å². The predicted octanol–water partition coefficient (Wildman–Crippen LogP) is 6.24. The van der Waals surface area contributed by atoms with Crippen LogP contribution in [0.15, 0.2) is 51.7 Å². The fourth-order valence-electron chi connectivity index (χ4n) is 3.06. The van der Waals surface area contributed by atoms with E-state index in [2.05, 4.69) is 0 Å². The molecule has 170 valence electrons. The van der Waals surface area contributed by atoms with Crippen LogP contribution in [-0.4, -0.2) is 19.2 Å². The first kappa shape index (κ1) is 23.7. The van der Waals surface area contributed by atoms with Gasteiger partial charge >= 0.3 is 12.1 Å². The first-order valence-corrected chi connectivity index (χ1v) is 10.3. The van der Waals surface area contributed by atoms with E-state index in [1.165, 1.54) is 36.4 Å². The minimum atomic E-state index is -4.92. The minimum Gasteiger partial charge on any atom is -0.482 e. The van der Waals surface area contributed by atoms with Crippen molar-refractivity contribution >= 4 is 28.5 Å². The van der Waals surface area contributed by atoms with Crippen LogP contribution in [0.5, 0.6) is 5.75 Å². The van der Waals surface area contributed by atoms with Crippen molar-refractivity contribution in [2.24, 2.45) is 0 Å². The van der Waals surface area contributed by atoms with Gasteiger partial charge in [0.15, 0.2) is 6.61 Å². The van der Waals surface area contributed by atoms with Crippen LogP contribution in [0.2, 0.25) is 5.02 Å². The second-order valence-corrected chi connectivity index (χ2v) is 7.45. The summed E-state index contributed by atoms with van der Waals surface area (Å²) in [7, 11) is 0. The largest absolute Gasteiger partial charge is 0.482 e. The number of carbonyl (C=O) groups is 1. The van der Waals surface area contributed by atoms with Crippen molar-refractivity contribution in [2.75, 3.05) is 13.2 Å². The summed E-state index contributed by atoms with van der Waals surface area (Å²) in [5.41, 5.74) is -1.73. The number of hydrogen-bond donors (Lipinski definition) is 0. The Kier molecular flexibility index (Phi) is 7.45. The zero-order valence-corrected chi connectivity index (χ0v) is 17.9. The fraction of sp³-hybridized carbons (Fsp3) is 0.304. The molecule has 0 bridgehead atoms. The molecule has 0 saturated heterocycles. The average Bonchev–Trinajstić information content (AvgIpc) is 2.75. The molecule has 0 saturated carbocycles. The molecule has 3 rings (SSSR count). The molecule has 0 spiro atoms. The Morgan fingerprint density at radius 2 is 1.81 bits per heavy atom. The smallest absolute Gasteiger partial charge is 0.450 e. The number of ether oxygens (including phenoxy) is 2. The monoisotopic (exact) mass is 468 g/mol. The van der Waals surface area contributed by atoms with Gasteiger partial charge in [0.05, 0.1) is 17.6 Å². The highest BCUT2D eigenvalue weighted by Crippen LogP contribution is 2.38. The second-order valence-electron chi connectivity index (χ2n) is 7.01. The Bertz CT molecular complexity index is 1150. The maximum absolute atomic E-state index is 13.7. The lowest BCUT2D eigenvalue weighted by atomic mass is 10.0. The molecule has 0 aliphatic heterocycles. The number of alkyl halides is 3. The molecule has 9 heteroatoms. The Hall–Kier alpha value is -3.00. The lowest BCUT2D eigenvalue weighted by Crippen LogP contribution is -2.17. The second kappa shape index (κ2) is 10.1. The molecular weight excluding hydrogens is 449 g/mol. The molecule has 1 aromatic heterocycles. The van der Waals surface area contributed by atoms with Gasteiger partial charge in [-0.1, -0.05) is 43.5 Å². The Labute approximate surface area is 186 Å². The molecule has 3 aromatic rings. The highest BCUT2D eigenvalue weighted by atomic mass is 35.5. The van der Waals surface area contributed by atoms with E-state index < -0.39 is 35.5 Å². The van der Waals surface area contributed by atoms with Crippen LogP contribution in [-0.2, 0) is 15.7 Å². The zero-order chi connectivity index (χ0) is 23.3. The molecule has 0 N–H and O–H groups in total. The summed E-state index contributed by atoms with van der Waals surface area (Å²) < 4.78 is 56.5. The van der Waals surface area contributed by atoms with Crippen molar-refractivity contribution in [3.05, 3.63) is 63.5 Å². The highest BCUT2D eigenvalue weighted by Gasteiger charge is 2.39. The first-order valence-electron chi connectivity index (χ1n) is 9.93. The van der Waals surface area contributed by atoms with Gasteiger partial charge in [0.25, 0.3) is 0 Å². The molecular formula is C23H20ClF3O5. The van der Waals surface area contributed by atoms with Crippen molar-refractivity contribution in [3.8, 4) is 16.9 Å². The molecule has 0 fully saturated rings. The number of benzene rings is 2. The number of halogens is 4. The maximum atomic E-state index is 13.7. The number of fused-ring (bicyclic) bond motifs is 1. The molecule has 0 aliphatic carbocycles. The molecule has 0 amide bonds. The minimum absolute atomic E-state index is 0.0310. The van der Waals surface area contributed by atoms with E-state index >= 15 is 0 Å². The Morgan fingerprint density at radius 3 is 2.47 bits per heavy atom. The van der Waals surface area contributed by atoms with E-state index in [0.717, 1.165) is 25.3 Å². The molecule has 0 atom stereocenters. The Morgan fingerprint density at radius 1 is 1.09 bits per heavy atom. The first-order chi connectivity index (χ1) is 15.2. The molecule has 32 heavy (non-hydrogen) atoms. The number of unbranched alkanes of at least 4 members (excludes halogenated alkanes) is 2. The van der Waals surface area contributed by atoms with Crippen LogP contribution in [0.4, 0.5) is 13.2 Å². The quantitative estimate of drug-likeness (QED) is 0.289. The number of hydrogen-bond acceptors (Lipinski definition) is 5. The van der Waals surface area contributed by atoms with Crippen molar-refractivity contribution < 1.29 is 31.9 Å². The SMILES string of the molecule is CCCCCOC(=O)COc1ccc2c(=O)c(-c3ccc(Cl)cc3)c(C(F)(F)F)oc2c1. The number of carbonyl (C=O) groups excluding carboxylic acids is 1. The third kappa shape index (κ3) is 5.62. The van der Waals surface area contributed by atoms with Gasteiger partial charge in [0.2, 0.25) is 11.2 Å². The maximum Gasteiger partial charge on any atom is 0.450 e. The zero-order valence-electron chi connectivity index (χ0n) is 17.1. The third-order valence-electron chi connectivity index (χ3n) is 4.62. The lowest BCUT2D eigenvalue weighted by Gasteiger charge is -2.13. The summed E-state index contributed by atoms with van der Waals surface area (Å²) in [5, 5.41) is 0.260. The van der Waals surface area contributed by atoms with Crippen molar-refractivity contribution in [1.29, 1.82) is 0 Å². The van der Waals surface area contributed by atoms with E-state index in [4.69, 9.17) is 25.5 Å². The van der Waals surface area contributed by atoms with E-state index in [1.54, 1.807) is 0 Å². The number of esters is 1. The fourth-order valence-corrected chi connectivity index (χ4v) is 3.19. The molecule has 5 nitrogen and oxygen atoms in total. The topological polar surface area (TPSA) is 65.7 Å². The van der Waals surface area contributed by atoms with E-state index in [-0.39, 0.29) is 28.9 Å². The predicted molar refractivity (Wildman–Crippen MR) is 114 cm³/mol. The standard InChI is InChI=1S/C23H20ClF3O5/c1-2-3-4-11-30-19(28)13-31-16-9-10-17-18(12-16)32-22(23(25,26)27)20(21(17)29)14-5-7-15(24)8-6-14/h5-10,12H,2-4,11,13H2,1H3. The summed E-state index contributed by atoms with van der Waals surface area (Å²) in [6, 6.07) is 9.23. The van der Waals surface area contributed by atoms with Crippen LogP contribution >= 0.6 is 11.6 Å². The summed E-state index contributed by atoms with van der Waals surface area (Å²) in [5.74, 6) is -1.96. The molecule has 1 heterocycles. The van der Waals surface area contributed by atoms with Crippen LogP contribution in [0, 0.1) is 0 Å². The lowest BCUT2D eigenvalue weighted by molar-refractivity contribution is -0.152. The number of rotatable bonds is 8. The average molecular weight is 469 g/mol. The van der Waals surface area contributed by atoms with Gasteiger partial charge in [-0.3, -0.25) is 4.79 Å². The Balaban J connectivity index is 1.91. The normalized spacial score (nSPS) is 11.5. The van der Waals surface area contributed by atoms with Gasteiger partial charge in [-0.25, -0.2) is 4.79 Å². The van der Waals surface area contributed by atoms with Crippen molar-refractivity contribution in [1.82, 2.24) is 0 Å². The van der Waals surface area contributed by atoms with Gasteiger partial charge in [0.1, 0.15) is 11.3 Å². The van der Waals surface area contributed by atoms with E-state index in [1.807, 2.05) is 6.92 Å². The molecule has 0 unspecified atom stereocenters. The van der Waals surface area contributed by atoms with Crippen molar-refractivity contribution in [3.63, 3.8) is 0 Å². The highest BCUT2D eigenvalue weighted by molar-refractivity contribution is 6.30. The van der Waals surface area contributed by atoms with Crippen molar-refractivity contribution in [2.45, 2.75) is 32.4 Å². The van der Waals surface area contributed by atoms with E-state index in [0.29, 0.717) is 5.02 Å². The van der Waals surface area contributed by atoms with Gasteiger partial charge in [-0.05, 0) is 36.2 Å². The molecule has 0 radical (unpaired) electrons. The van der Waals surface area contributed by atoms with Crippen LogP contribution in [0.1, 0.15) is 31.9 Å². The summed E-state index contributed by atoms with van der Waals surface area (Å²) in [4.78, 5) is 24.7. The molecule has 0 aliphatic rings. The van der Waals surface area contributed by atoms with Gasteiger partial charge in [-0.2, -0.15) is 13.2 Å². The van der Waals surface area contributed by atoms with Crippen LogP contribution < -0.4 is 10.2 Å². The van der Waals surface area contributed by atoms with Gasteiger partial charge < -0.3 is 13.9 Å². The third-order valence-corrected chi connectivity index (χ3v) is 4.87. The van der Waals surface area contributed by atoms with Crippen LogP contribution in [0.25, 0.3) is 22.1 Å². The van der Waals surface area contributed by atoms with Crippen LogP contribution in [0.3, 0.4) is 0 Å². The summed E-state index contributed by atoms with van der Waals surface area (Å²) in [6.45, 7) is 1.87. The summed E-state index contributed by atoms with van der Waals surface area (Å²) in [6.07, 6.45) is -2.27. The van der Waals surface area contributed by atoms with Gasteiger partial charge in [0, 0.05) is 11.1 Å². The van der Waals surface area contributed by atoms with Gasteiger partial charge in [-0.15, -0.1) is 0 Å². The molecule has 2 aromatic carbocycles. The summed E-state index contributed by atoms with van der Waals surface area (Å²) >= 11 is 5.80.